The van der Waals surface area contributed by atoms with Gasteiger partial charge >= 0.3 is 11.5 Å². The van der Waals surface area contributed by atoms with Crippen LogP contribution in [0.4, 0.5) is 9.59 Å². The minimum Gasteiger partial charge on any atom is -0.449 e. The summed E-state index contributed by atoms with van der Waals surface area (Å²) in [7, 11) is 0. The van der Waals surface area contributed by atoms with Crippen LogP contribution in [0.5, 0.6) is 0 Å². The van der Waals surface area contributed by atoms with E-state index in [0.717, 1.165) is 0 Å². The molecule has 0 radical (unpaired) electrons. The third kappa shape index (κ3) is 8.38. The predicted molar refractivity (Wildman–Crippen MR) is 97.3 cm³/mol. The average Bonchev–Trinajstić information content (AvgIpc) is 2.42. The molecule has 0 aromatic heterocycles. The molecule has 1 fully saturated rings. The molecular formula is C17H29ClN2O5. The van der Waals surface area contributed by atoms with Crippen LogP contribution in [-0.2, 0) is 9.57 Å². The minimum absolute atomic E-state index is 0.183. The Hall–Kier alpha value is -1.57. The Morgan fingerprint density at radius 2 is 1.68 bits per heavy atom. The number of piperidine rings is 1. The van der Waals surface area contributed by atoms with Gasteiger partial charge in [-0.25, -0.2) is 15.1 Å². The number of hydroxylamine groups is 1. The van der Waals surface area contributed by atoms with E-state index in [2.05, 4.69) is 23.4 Å². The largest absolute Gasteiger partial charge is 0.449 e. The van der Waals surface area contributed by atoms with Crippen LogP contribution in [0.15, 0.2) is 25.3 Å². The van der Waals surface area contributed by atoms with Crippen molar-refractivity contribution < 1.29 is 24.3 Å². The van der Waals surface area contributed by atoms with Crippen molar-refractivity contribution in [3.8, 4) is 0 Å². The molecule has 1 rings (SSSR count). The highest BCUT2D eigenvalue weighted by Gasteiger charge is 2.47. The zero-order valence-corrected chi connectivity index (χ0v) is 16.1. The molecule has 0 spiro atoms. The Kier molecular flexibility index (Phi) is 9.77. The van der Waals surface area contributed by atoms with Crippen molar-refractivity contribution in [3.05, 3.63) is 25.3 Å². The SMILES string of the molecule is C=CCOC(=O)Cl.C=CCONC(=O)N1C(C)(C)CC(O)CC1(C)C. The molecule has 0 aromatic carbocycles. The van der Waals surface area contributed by atoms with Crippen LogP contribution in [0, 0.1) is 0 Å². The van der Waals surface area contributed by atoms with Crippen molar-refractivity contribution in [1.29, 1.82) is 0 Å². The molecule has 0 aromatic rings. The van der Waals surface area contributed by atoms with E-state index in [9.17, 15) is 14.7 Å². The number of rotatable bonds is 5. The second-order valence-corrected chi connectivity index (χ2v) is 7.18. The number of hydrogen-bond donors (Lipinski definition) is 2. The third-order valence-electron chi connectivity index (χ3n) is 3.56. The molecule has 2 N–H and O–H groups in total. The van der Waals surface area contributed by atoms with E-state index >= 15 is 0 Å². The summed E-state index contributed by atoms with van der Waals surface area (Å²) in [6.45, 7) is 15.1. The van der Waals surface area contributed by atoms with E-state index < -0.39 is 16.5 Å². The van der Waals surface area contributed by atoms with Gasteiger partial charge in [-0.15, -0.1) is 6.58 Å². The maximum absolute atomic E-state index is 12.2. The maximum atomic E-state index is 12.2. The molecule has 1 saturated heterocycles. The number of ether oxygens (including phenoxy) is 1. The summed E-state index contributed by atoms with van der Waals surface area (Å²) in [5.74, 6) is 0. The molecule has 144 valence electrons. The first-order valence-corrected chi connectivity index (χ1v) is 8.30. The van der Waals surface area contributed by atoms with E-state index in [1.54, 1.807) is 11.0 Å². The Morgan fingerprint density at radius 3 is 2.04 bits per heavy atom. The molecule has 1 aliphatic heterocycles. The van der Waals surface area contributed by atoms with Gasteiger partial charge in [-0.05, 0) is 40.5 Å². The Balaban J connectivity index is 0.000000697. The molecular weight excluding hydrogens is 348 g/mol. The number of nitrogens with one attached hydrogen (secondary N) is 1. The summed E-state index contributed by atoms with van der Waals surface area (Å²) in [5.41, 5.74) is 0.794. The Labute approximate surface area is 154 Å². The van der Waals surface area contributed by atoms with Crippen LogP contribution in [0.3, 0.4) is 0 Å². The van der Waals surface area contributed by atoms with E-state index in [1.165, 1.54) is 6.08 Å². The van der Waals surface area contributed by atoms with E-state index in [4.69, 9.17) is 16.4 Å². The summed E-state index contributed by atoms with van der Waals surface area (Å²) in [6, 6.07) is -0.279. The van der Waals surface area contributed by atoms with Gasteiger partial charge in [-0.3, -0.25) is 4.84 Å². The normalized spacial score (nSPS) is 18.4. The molecule has 0 bridgehead atoms. The first kappa shape index (κ1) is 23.4. The number of aliphatic hydroxyl groups excluding tert-OH is 1. The van der Waals surface area contributed by atoms with Gasteiger partial charge in [0.2, 0.25) is 0 Å². The van der Waals surface area contributed by atoms with Crippen molar-refractivity contribution >= 4 is 23.1 Å². The van der Waals surface area contributed by atoms with Crippen molar-refractivity contribution in [1.82, 2.24) is 10.4 Å². The average molecular weight is 377 g/mol. The van der Waals surface area contributed by atoms with Gasteiger partial charge < -0.3 is 14.7 Å². The highest BCUT2D eigenvalue weighted by atomic mass is 35.5. The van der Waals surface area contributed by atoms with Gasteiger partial charge in [-0.1, -0.05) is 18.7 Å². The first-order valence-electron chi connectivity index (χ1n) is 7.92. The summed E-state index contributed by atoms with van der Waals surface area (Å²) < 4.78 is 4.20. The van der Waals surface area contributed by atoms with Gasteiger partial charge in [0.1, 0.15) is 6.61 Å². The van der Waals surface area contributed by atoms with Crippen LogP contribution in [0.2, 0.25) is 0 Å². The second-order valence-electron chi connectivity index (χ2n) is 6.87. The number of carbonyl (C=O) groups is 2. The zero-order valence-electron chi connectivity index (χ0n) is 15.4. The molecule has 7 nitrogen and oxygen atoms in total. The molecule has 0 unspecified atom stereocenters. The molecule has 8 heteroatoms. The number of nitrogens with zero attached hydrogens (tertiary/aromatic N) is 1. The predicted octanol–water partition coefficient (Wildman–Crippen LogP) is 3.38. The molecule has 2 amide bonds. The molecule has 0 saturated carbocycles. The molecule has 1 heterocycles. The lowest BCUT2D eigenvalue weighted by Crippen LogP contribution is -2.65. The highest BCUT2D eigenvalue weighted by Crippen LogP contribution is 2.38. The summed E-state index contributed by atoms with van der Waals surface area (Å²) in [5, 5.41) is 9.89. The molecule has 0 atom stereocenters. The van der Waals surface area contributed by atoms with Crippen molar-refractivity contribution in [3.63, 3.8) is 0 Å². The first-order chi connectivity index (χ1) is 11.5. The number of halogens is 1. The van der Waals surface area contributed by atoms with E-state index in [0.29, 0.717) is 12.8 Å². The number of urea groups is 1. The number of likely N-dealkylation sites (tertiary alicyclic amines) is 1. The number of aliphatic hydroxyl groups is 1. The topological polar surface area (TPSA) is 88.1 Å². The quantitative estimate of drug-likeness (QED) is 0.332. The fraction of sp³-hybridized carbons (Fsp3) is 0.647. The van der Waals surface area contributed by atoms with Crippen molar-refractivity contribution in [2.45, 2.75) is 57.7 Å². The lowest BCUT2D eigenvalue weighted by atomic mass is 9.78. The van der Waals surface area contributed by atoms with Gasteiger partial charge in [0.25, 0.3) is 0 Å². The van der Waals surface area contributed by atoms with Crippen LogP contribution in [0.25, 0.3) is 0 Å². The number of hydrogen-bond acceptors (Lipinski definition) is 5. The minimum atomic E-state index is -0.792. The number of carbonyl (C=O) groups excluding carboxylic acids is 2. The lowest BCUT2D eigenvalue weighted by Gasteiger charge is -2.53. The maximum Gasteiger partial charge on any atom is 0.404 e. The smallest absolute Gasteiger partial charge is 0.404 e. The van der Waals surface area contributed by atoms with Crippen LogP contribution in [-0.4, -0.2) is 51.9 Å². The lowest BCUT2D eigenvalue weighted by molar-refractivity contribution is -0.0623. The van der Waals surface area contributed by atoms with Crippen LogP contribution < -0.4 is 5.48 Å². The van der Waals surface area contributed by atoms with Gasteiger partial charge in [0, 0.05) is 22.7 Å². The van der Waals surface area contributed by atoms with Crippen molar-refractivity contribution in [2.24, 2.45) is 0 Å². The zero-order chi connectivity index (χ0) is 19.7. The fourth-order valence-electron chi connectivity index (χ4n) is 3.11. The fourth-order valence-corrected chi connectivity index (χ4v) is 3.17. The summed E-state index contributed by atoms with van der Waals surface area (Å²) in [6.07, 6.45) is 3.75. The number of amides is 2. The molecule has 25 heavy (non-hydrogen) atoms. The molecule has 1 aliphatic rings. The van der Waals surface area contributed by atoms with Gasteiger partial charge in [0.05, 0.1) is 12.7 Å². The Bertz CT molecular complexity index is 462. The van der Waals surface area contributed by atoms with Crippen LogP contribution in [0.1, 0.15) is 40.5 Å². The Morgan fingerprint density at radius 1 is 1.20 bits per heavy atom. The second kappa shape index (κ2) is 10.4. The standard InChI is InChI=1S/C13H24N2O3.C4H5ClO2/c1-6-7-18-14-11(17)15-12(2,3)8-10(16)9-13(15,4)5;1-2-3-7-4(5)6/h6,10,16H,1,7-9H2,2-5H3,(H,14,17);2H,1,3H2. The van der Waals surface area contributed by atoms with Gasteiger partial charge in [0.15, 0.2) is 0 Å². The molecule has 0 aliphatic carbocycles. The summed E-state index contributed by atoms with van der Waals surface area (Å²) >= 11 is 4.75. The van der Waals surface area contributed by atoms with E-state index in [-0.39, 0.29) is 25.3 Å². The summed E-state index contributed by atoms with van der Waals surface area (Å²) in [4.78, 5) is 28.6. The van der Waals surface area contributed by atoms with Crippen LogP contribution >= 0.6 is 11.6 Å². The van der Waals surface area contributed by atoms with E-state index in [1.807, 2.05) is 27.7 Å². The highest BCUT2D eigenvalue weighted by molar-refractivity contribution is 6.61. The van der Waals surface area contributed by atoms with Gasteiger partial charge in [-0.2, -0.15) is 0 Å². The third-order valence-corrected chi connectivity index (χ3v) is 3.67. The van der Waals surface area contributed by atoms with Crippen molar-refractivity contribution in [2.75, 3.05) is 13.2 Å². The monoisotopic (exact) mass is 376 g/mol.